The predicted octanol–water partition coefficient (Wildman–Crippen LogP) is 2.33. The molecule has 8 nitrogen and oxygen atoms in total. The van der Waals surface area contributed by atoms with Crippen LogP contribution in [0.2, 0.25) is 0 Å². The molecular formula is C19H20N2O6S. The van der Waals surface area contributed by atoms with Crippen molar-refractivity contribution >= 4 is 33.1 Å². The van der Waals surface area contributed by atoms with Crippen LogP contribution in [-0.2, 0) is 14.8 Å². The number of carbonyl (C=O) groups excluding carboxylic acids is 2. The fourth-order valence-electron chi connectivity index (χ4n) is 2.88. The van der Waals surface area contributed by atoms with Crippen molar-refractivity contribution in [2.45, 2.75) is 13.8 Å². The summed E-state index contributed by atoms with van der Waals surface area (Å²) in [4.78, 5) is 24.6. The first kappa shape index (κ1) is 19.7. The Kier molecular flexibility index (Phi) is 5.28. The fraction of sp³-hybridized carbons (Fsp3) is 0.263. The number of hydrogen-bond donors (Lipinski definition) is 1. The summed E-state index contributed by atoms with van der Waals surface area (Å²) in [5, 5.41) is 2.61. The number of carbonyl (C=O) groups is 2. The van der Waals surface area contributed by atoms with Crippen molar-refractivity contribution < 1.29 is 27.5 Å². The minimum atomic E-state index is -3.70. The van der Waals surface area contributed by atoms with Crippen LogP contribution in [0.4, 0.5) is 11.4 Å². The van der Waals surface area contributed by atoms with Crippen LogP contribution in [-0.4, -0.2) is 39.7 Å². The van der Waals surface area contributed by atoms with Gasteiger partial charge in [-0.2, -0.15) is 0 Å². The van der Waals surface area contributed by atoms with Gasteiger partial charge in [0.05, 0.1) is 17.6 Å². The lowest BCUT2D eigenvalue weighted by Gasteiger charge is -2.23. The number of nitrogens with one attached hydrogen (secondary N) is 1. The zero-order valence-electron chi connectivity index (χ0n) is 15.7. The number of Topliss-reactive ketones (excluding diaryl/α,β-unsaturated/α-hetero) is 1. The van der Waals surface area contributed by atoms with Crippen LogP contribution >= 0.6 is 0 Å². The van der Waals surface area contributed by atoms with E-state index < -0.39 is 22.5 Å². The number of ether oxygens (including phenoxy) is 2. The number of benzene rings is 2. The van der Waals surface area contributed by atoms with Crippen molar-refractivity contribution in [1.29, 1.82) is 0 Å². The highest BCUT2D eigenvalue weighted by Crippen LogP contribution is 2.37. The van der Waals surface area contributed by atoms with Crippen LogP contribution in [0.25, 0.3) is 0 Å². The minimum absolute atomic E-state index is 0.0270. The molecule has 28 heavy (non-hydrogen) atoms. The van der Waals surface area contributed by atoms with Gasteiger partial charge in [-0.25, -0.2) is 8.42 Å². The molecule has 1 amide bonds. The lowest BCUT2D eigenvalue weighted by molar-refractivity contribution is -0.114. The van der Waals surface area contributed by atoms with Crippen molar-refractivity contribution in [1.82, 2.24) is 0 Å². The largest absolute Gasteiger partial charge is 0.454 e. The molecule has 0 saturated heterocycles. The number of hydrogen-bond acceptors (Lipinski definition) is 6. The number of para-hydroxylation sites is 1. The smallest absolute Gasteiger partial charge is 0.245 e. The lowest BCUT2D eigenvalue weighted by atomic mass is 10.1. The molecule has 1 aliphatic heterocycles. The summed E-state index contributed by atoms with van der Waals surface area (Å²) in [6, 6.07) is 9.86. The molecule has 0 atom stereocenters. The monoisotopic (exact) mass is 404 g/mol. The highest BCUT2D eigenvalue weighted by Gasteiger charge is 2.24. The molecule has 3 rings (SSSR count). The molecule has 148 valence electrons. The fourth-order valence-corrected chi connectivity index (χ4v) is 3.80. The molecule has 1 N–H and O–H groups in total. The lowest BCUT2D eigenvalue weighted by Crippen LogP contribution is -2.38. The predicted molar refractivity (Wildman–Crippen MR) is 105 cm³/mol. The summed E-state index contributed by atoms with van der Waals surface area (Å²) in [5.41, 5.74) is 1.62. The Labute approximate surface area is 163 Å². The van der Waals surface area contributed by atoms with Gasteiger partial charge in [-0.05, 0) is 31.5 Å². The third-order valence-electron chi connectivity index (χ3n) is 4.24. The van der Waals surface area contributed by atoms with Gasteiger partial charge in [0.15, 0.2) is 17.3 Å². The summed E-state index contributed by atoms with van der Waals surface area (Å²) < 4.78 is 36.1. The Morgan fingerprint density at radius 1 is 1.14 bits per heavy atom. The van der Waals surface area contributed by atoms with Gasteiger partial charge in [0, 0.05) is 11.6 Å². The van der Waals surface area contributed by atoms with Gasteiger partial charge in [0.2, 0.25) is 22.7 Å². The second-order valence-corrected chi connectivity index (χ2v) is 8.32. The van der Waals surface area contributed by atoms with E-state index in [1.807, 2.05) is 0 Å². The standard InChI is InChI=1S/C19H20N2O6S/c1-12-6-4-5-7-16(12)21(28(3,24)25)10-19(23)20-15-9-18-17(26-11-27-18)8-14(15)13(2)22/h4-9H,10-11H2,1-3H3,(H,20,23). The summed E-state index contributed by atoms with van der Waals surface area (Å²) in [5.74, 6) is -0.0393. The zero-order chi connectivity index (χ0) is 20.5. The van der Waals surface area contributed by atoms with E-state index in [-0.39, 0.29) is 23.8 Å². The molecule has 1 aliphatic rings. The van der Waals surface area contributed by atoms with Gasteiger partial charge in [0.25, 0.3) is 0 Å². The van der Waals surface area contributed by atoms with Crippen LogP contribution in [0.15, 0.2) is 36.4 Å². The average molecular weight is 404 g/mol. The molecule has 2 aromatic carbocycles. The van der Waals surface area contributed by atoms with E-state index >= 15 is 0 Å². The molecule has 0 saturated carbocycles. The molecule has 0 bridgehead atoms. The van der Waals surface area contributed by atoms with E-state index in [9.17, 15) is 18.0 Å². The first-order chi connectivity index (χ1) is 13.2. The summed E-state index contributed by atoms with van der Waals surface area (Å²) >= 11 is 0. The molecule has 0 unspecified atom stereocenters. The summed E-state index contributed by atoms with van der Waals surface area (Å²) in [6.45, 7) is 2.72. The zero-order valence-corrected chi connectivity index (χ0v) is 16.5. The number of rotatable bonds is 6. The quantitative estimate of drug-likeness (QED) is 0.742. The topological polar surface area (TPSA) is 102 Å². The van der Waals surface area contributed by atoms with Crippen LogP contribution in [0, 0.1) is 6.92 Å². The first-order valence-electron chi connectivity index (χ1n) is 8.44. The van der Waals surface area contributed by atoms with E-state index in [4.69, 9.17) is 9.47 Å². The molecule has 1 heterocycles. The van der Waals surface area contributed by atoms with Gasteiger partial charge in [-0.1, -0.05) is 18.2 Å². The maximum atomic E-state index is 12.6. The Morgan fingerprint density at radius 3 is 2.39 bits per heavy atom. The number of fused-ring (bicyclic) bond motifs is 1. The highest BCUT2D eigenvalue weighted by atomic mass is 32.2. The van der Waals surface area contributed by atoms with Crippen molar-refractivity contribution in [3.05, 3.63) is 47.5 Å². The van der Waals surface area contributed by atoms with Crippen molar-refractivity contribution in [3.63, 3.8) is 0 Å². The Balaban J connectivity index is 1.89. The number of anilines is 2. The molecule has 9 heteroatoms. The van der Waals surface area contributed by atoms with Gasteiger partial charge < -0.3 is 14.8 Å². The van der Waals surface area contributed by atoms with Crippen LogP contribution in [0.3, 0.4) is 0 Å². The molecule has 0 radical (unpaired) electrons. The summed E-state index contributed by atoms with van der Waals surface area (Å²) in [6.07, 6.45) is 1.04. The molecule has 2 aromatic rings. The van der Waals surface area contributed by atoms with Crippen LogP contribution in [0.1, 0.15) is 22.8 Å². The van der Waals surface area contributed by atoms with Crippen molar-refractivity contribution in [2.24, 2.45) is 0 Å². The number of aryl methyl sites for hydroxylation is 1. The molecule has 0 fully saturated rings. The van der Waals surface area contributed by atoms with E-state index in [0.717, 1.165) is 10.6 Å². The number of ketones is 1. The van der Waals surface area contributed by atoms with Gasteiger partial charge in [-0.3, -0.25) is 13.9 Å². The maximum Gasteiger partial charge on any atom is 0.245 e. The van der Waals surface area contributed by atoms with Gasteiger partial charge >= 0.3 is 0 Å². The molecule has 0 aliphatic carbocycles. The third-order valence-corrected chi connectivity index (χ3v) is 5.36. The Morgan fingerprint density at radius 2 is 1.79 bits per heavy atom. The number of amides is 1. The normalized spacial score (nSPS) is 12.5. The number of nitrogens with zero attached hydrogens (tertiary/aromatic N) is 1. The van der Waals surface area contributed by atoms with Crippen molar-refractivity contribution in [3.8, 4) is 11.5 Å². The first-order valence-corrected chi connectivity index (χ1v) is 10.3. The van der Waals surface area contributed by atoms with Crippen LogP contribution in [0.5, 0.6) is 11.5 Å². The second-order valence-electron chi connectivity index (χ2n) is 6.41. The van der Waals surface area contributed by atoms with Crippen LogP contribution < -0.4 is 19.1 Å². The molecule has 0 spiro atoms. The number of sulfonamides is 1. The maximum absolute atomic E-state index is 12.6. The van der Waals surface area contributed by atoms with E-state index in [1.54, 1.807) is 31.2 Å². The van der Waals surface area contributed by atoms with E-state index in [1.165, 1.54) is 19.1 Å². The van der Waals surface area contributed by atoms with Gasteiger partial charge in [-0.15, -0.1) is 0 Å². The van der Waals surface area contributed by atoms with Gasteiger partial charge in [0.1, 0.15) is 6.54 Å². The van der Waals surface area contributed by atoms with E-state index in [0.29, 0.717) is 22.7 Å². The van der Waals surface area contributed by atoms with Crippen molar-refractivity contribution in [2.75, 3.05) is 29.2 Å². The highest BCUT2D eigenvalue weighted by molar-refractivity contribution is 7.92. The second kappa shape index (κ2) is 7.51. The minimum Gasteiger partial charge on any atom is -0.454 e. The molecular weight excluding hydrogens is 384 g/mol. The Hall–Kier alpha value is -3.07. The molecule has 0 aromatic heterocycles. The summed E-state index contributed by atoms with van der Waals surface area (Å²) in [7, 11) is -3.70. The van der Waals surface area contributed by atoms with E-state index in [2.05, 4.69) is 5.32 Å². The Bertz CT molecular complexity index is 1050. The SMILES string of the molecule is CC(=O)c1cc2c(cc1NC(=O)CN(c1ccccc1C)S(C)(=O)=O)OCO2. The third kappa shape index (κ3) is 4.09. The average Bonchev–Trinajstić information content (AvgIpc) is 3.06.